The van der Waals surface area contributed by atoms with E-state index in [-0.39, 0.29) is 15.7 Å². The summed E-state index contributed by atoms with van der Waals surface area (Å²) in [5.41, 5.74) is -1.00. The number of halogens is 3. The van der Waals surface area contributed by atoms with Crippen LogP contribution in [0.3, 0.4) is 0 Å². The van der Waals surface area contributed by atoms with Gasteiger partial charge in [0.1, 0.15) is 17.3 Å². The van der Waals surface area contributed by atoms with Crippen molar-refractivity contribution in [2.24, 2.45) is 0 Å². The Bertz CT molecular complexity index is 841. The zero-order chi connectivity index (χ0) is 15.8. The normalized spacial score (nSPS) is 11.6. The largest absolute Gasteiger partial charge is 0.283 e. The molecule has 0 radical (unpaired) electrons. The van der Waals surface area contributed by atoms with Crippen molar-refractivity contribution in [2.45, 2.75) is 11.3 Å². The Morgan fingerprint density at radius 2 is 2.10 bits per heavy atom. The molecule has 0 spiro atoms. The monoisotopic (exact) mass is 331 g/mol. The second-order valence-corrected chi connectivity index (χ2v) is 6.52. The van der Waals surface area contributed by atoms with Gasteiger partial charge in [0, 0.05) is 6.26 Å². The summed E-state index contributed by atoms with van der Waals surface area (Å²) in [6.45, 7) is 0. The maximum Gasteiger partial charge on any atom is 0.283 e. The molecule has 0 amide bonds. The van der Waals surface area contributed by atoms with Gasteiger partial charge in [0.2, 0.25) is 0 Å². The predicted octanol–water partition coefficient (Wildman–Crippen LogP) is 2.74. The van der Waals surface area contributed by atoms with Crippen LogP contribution in [-0.4, -0.2) is 24.5 Å². The molecule has 0 atom stereocenters. The Hall–Kier alpha value is -1.98. The number of benzene rings is 1. The van der Waals surface area contributed by atoms with Crippen molar-refractivity contribution >= 4 is 21.4 Å². The van der Waals surface area contributed by atoms with Crippen molar-refractivity contribution in [3.63, 3.8) is 0 Å². The predicted molar refractivity (Wildman–Crippen MR) is 71.4 cm³/mol. The van der Waals surface area contributed by atoms with E-state index < -0.39 is 27.5 Å². The zero-order valence-electron chi connectivity index (χ0n) is 10.6. The molecule has 21 heavy (non-hydrogen) atoms. The molecule has 0 saturated carbocycles. The highest BCUT2D eigenvalue weighted by Gasteiger charge is 2.24. The van der Waals surface area contributed by atoms with Gasteiger partial charge in [-0.1, -0.05) is 17.7 Å². The van der Waals surface area contributed by atoms with E-state index in [1.807, 2.05) is 0 Å². The topological polar surface area (TPSA) is 75.8 Å². The molecule has 0 N–H and O–H groups in total. The molecule has 9 heteroatoms. The van der Waals surface area contributed by atoms with Crippen molar-refractivity contribution in [2.75, 3.05) is 6.26 Å². The van der Waals surface area contributed by atoms with Gasteiger partial charge in [-0.15, -0.1) is 0 Å². The molecule has 0 aliphatic rings. The van der Waals surface area contributed by atoms with E-state index >= 15 is 0 Å². The summed E-state index contributed by atoms with van der Waals surface area (Å²) in [5, 5.41) is 12.2. The average molecular weight is 332 g/mol. The van der Waals surface area contributed by atoms with Crippen LogP contribution in [0.4, 0.5) is 8.78 Å². The fourth-order valence-corrected chi connectivity index (χ4v) is 2.62. The second kappa shape index (κ2) is 5.42. The van der Waals surface area contributed by atoms with Gasteiger partial charge in [0.15, 0.2) is 15.0 Å². The molecular formula is C12H8ClF2N3O2S. The van der Waals surface area contributed by atoms with Crippen LogP contribution in [0.25, 0.3) is 5.69 Å². The molecule has 2 rings (SSSR count). The molecule has 0 unspecified atom stereocenters. The lowest BCUT2D eigenvalue weighted by molar-refractivity contribution is 0.145. The van der Waals surface area contributed by atoms with Gasteiger partial charge in [-0.3, -0.25) is 0 Å². The SMILES string of the molecule is CS(=O)(=O)c1cccc(-n2nc(C(F)F)c(C#N)c2Cl)c1. The number of sulfone groups is 1. The van der Waals surface area contributed by atoms with Crippen molar-refractivity contribution in [3.05, 3.63) is 40.7 Å². The first-order valence-electron chi connectivity index (χ1n) is 5.53. The summed E-state index contributed by atoms with van der Waals surface area (Å²) in [4.78, 5) is -0.0105. The number of aromatic nitrogens is 2. The third-order valence-corrected chi connectivity index (χ3v) is 4.12. The van der Waals surface area contributed by atoms with Crippen LogP contribution in [0.1, 0.15) is 17.7 Å². The van der Waals surface area contributed by atoms with E-state index in [2.05, 4.69) is 5.10 Å². The molecule has 0 bridgehead atoms. The minimum absolute atomic E-state index is 0.0105. The summed E-state index contributed by atoms with van der Waals surface area (Å²) in [6.07, 6.45) is -1.95. The lowest BCUT2D eigenvalue weighted by atomic mass is 10.3. The minimum Gasteiger partial charge on any atom is -0.224 e. The lowest BCUT2D eigenvalue weighted by Crippen LogP contribution is -2.02. The molecule has 1 heterocycles. The number of alkyl halides is 2. The van der Waals surface area contributed by atoms with E-state index in [0.717, 1.165) is 10.9 Å². The van der Waals surface area contributed by atoms with Crippen LogP contribution in [0, 0.1) is 11.3 Å². The van der Waals surface area contributed by atoms with Gasteiger partial charge in [0.25, 0.3) is 6.43 Å². The molecule has 2 aromatic rings. The molecule has 1 aromatic carbocycles. The number of hydrogen-bond acceptors (Lipinski definition) is 4. The van der Waals surface area contributed by atoms with Crippen LogP contribution in [-0.2, 0) is 9.84 Å². The fraction of sp³-hybridized carbons (Fsp3) is 0.167. The first-order valence-corrected chi connectivity index (χ1v) is 7.79. The second-order valence-electron chi connectivity index (χ2n) is 4.14. The highest BCUT2D eigenvalue weighted by molar-refractivity contribution is 7.90. The Balaban J connectivity index is 2.66. The third kappa shape index (κ3) is 2.89. The van der Waals surface area contributed by atoms with Gasteiger partial charge in [0.05, 0.1) is 10.6 Å². The molecule has 110 valence electrons. The molecule has 0 aliphatic carbocycles. The fourth-order valence-electron chi connectivity index (χ4n) is 1.69. The van der Waals surface area contributed by atoms with E-state index in [9.17, 15) is 17.2 Å². The smallest absolute Gasteiger partial charge is 0.224 e. The first-order chi connectivity index (χ1) is 9.75. The number of nitriles is 1. The summed E-state index contributed by atoms with van der Waals surface area (Å²) < 4.78 is 49.5. The highest BCUT2D eigenvalue weighted by Crippen LogP contribution is 2.29. The minimum atomic E-state index is -3.47. The molecule has 5 nitrogen and oxygen atoms in total. The van der Waals surface area contributed by atoms with Crippen molar-refractivity contribution in [1.29, 1.82) is 5.26 Å². The summed E-state index contributed by atoms with van der Waals surface area (Å²) >= 11 is 5.87. The Labute approximate surface area is 124 Å². The van der Waals surface area contributed by atoms with E-state index in [1.54, 1.807) is 6.07 Å². The third-order valence-electron chi connectivity index (χ3n) is 2.66. The first kappa shape index (κ1) is 15.4. The van der Waals surface area contributed by atoms with Crippen molar-refractivity contribution in [3.8, 4) is 11.8 Å². The number of nitrogens with zero attached hydrogens (tertiary/aromatic N) is 3. The van der Waals surface area contributed by atoms with Gasteiger partial charge in [-0.25, -0.2) is 21.9 Å². The quantitative estimate of drug-likeness (QED) is 0.866. The van der Waals surface area contributed by atoms with Crippen molar-refractivity contribution < 1.29 is 17.2 Å². The van der Waals surface area contributed by atoms with Crippen molar-refractivity contribution in [1.82, 2.24) is 9.78 Å². The number of rotatable bonds is 3. The standard InChI is InChI=1S/C12H8ClF2N3O2S/c1-21(19,20)8-4-2-3-7(5-8)18-11(13)9(6-16)10(17-18)12(14)15/h2-5,12H,1H3. The van der Waals surface area contributed by atoms with Crippen LogP contribution < -0.4 is 0 Å². The molecule has 0 aliphatic heterocycles. The van der Waals surface area contributed by atoms with Crippen LogP contribution >= 0.6 is 11.6 Å². The summed E-state index contributed by atoms with van der Waals surface area (Å²) in [5.74, 6) is 0. The summed E-state index contributed by atoms with van der Waals surface area (Å²) in [6, 6.07) is 7.04. The molecule has 0 fully saturated rings. The Morgan fingerprint density at radius 3 is 2.57 bits per heavy atom. The lowest BCUT2D eigenvalue weighted by Gasteiger charge is -2.05. The summed E-state index contributed by atoms with van der Waals surface area (Å²) in [7, 11) is -3.47. The van der Waals surface area contributed by atoms with Gasteiger partial charge in [-0.05, 0) is 18.2 Å². The van der Waals surface area contributed by atoms with Gasteiger partial charge >= 0.3 is 0 Å². The van der Waals surface area contributed by atoms with E-state index in [1.165, 1.54) is 24.3 Å². The maximum absolute atomic E-state index is 12.8. The molecule has 0 saturated heterocycles. The van der Waals surface area contributed by atoms with Gasteiger partial charge < -0.3 is 0 Å². The van der Waals surface area contributed by atoms with Crippen LogP contribution in [0.15, 0.2) is 29.2 Å². The maximum atomic E-state index is 12.8. The van der Waals surface area contributed by atoms with Crippen LogP contribution in [0.5, 0.6) is 0 Å². The van der Waals surface area contributed by atoms with E-state index in [4.69, 9.17) is 16.9 Å². The average Bonchev–Trinajstić information content (AvgIpc) is 2.75. The van der Waals surface area contributed by atoms with Gasteiger partial charge in [-0.2, -0.15) is 10.4 Å². The van der Waals surface area contributed by atoms with E-state index in [0.29, 0.717) is 0 Å². The molecule has 1 aromatic heterocycles. The molecular weight excluding hydrogens is 324 g/mol. The number of hydrogen-bond donors (Lipinski definition) is 0. The highest BCUT2D eigenvalue weighted by atomic mass is 35.5. The Morgan fingerprint density at radius 1 is 1.43 bits per heavy atom. The Kier molecular flexibility index (Phi) is 3.98. The zero-order valence-corrected chi connectivity index (χ0v) is 12.2. The van der Waals surface area contributed by atoms with Crippen LogP contribution in [0.2, 0.25) is 5.15 Å².